The number of hydrogen-bond donors (Lipinski definition) is 0. The third-order valence-corrected chi connectivity index (χ3v) is 9.55. The molecular weight excluding hydrogens is 691 g/mol. The van der Waals surface area contributed by atoms with E-state index in [2.05, 4.69) is 0 Å². The van der Waals surface area contributed by atoms with Gasteiger partial charge in [-0.1, -0.05) is 171 Å². The van der Waals surface area contributed by atoms with Crippen molar-refractivity contribution in [1.29, 1.82) is 0 Å². The highest BCUT2D eigenvalue weighted by Gasteiger charge is 2.36. The zero-order valence-corrected chi connectivity index (χ0v) is 29.4. The smallest absolute Gasteiger partial charge is 0.145 e. The first-order chi connectivity index (χ1) is 41.8. The molecule has 1 aromatic heterocycles. The van der Waals surface area contributed by atoms with Crippen LogP contribution in [0.15, 0.2) is 204 Å². The summed E-state index contributed by atoms with van der Waals surface area (Å²) >= 11 is 0. The first-order valence-electron chi connectivity index (χ1n) is 33.6. The van der Waals surface area contributed by atoms with Crippen LogP contribution >= 0.6 is 0 Å². The Morgan fingerprint density at radius 2 is 0.982 bits per heavy atom. The average Bonchev–Trinajstić information content (AvgIpc) is 1.42. The molecule has 0 saturated carbocycles. The van der Waals surface area contributed by atoms with Crippen LogP contribution in [-0.4, -0.2) is 0 Å². The quantitative estimate of drug-likeness (QED) is 0.168. The standard InChI is InChI=1S/C55H39NO/c1-55(2)49-20-12-11-19-46(49)47-32-30-43(35-50(47)55)56(42-28-25-39(26-29-42)37-15-7-4-8-16-37)51-34-33-45(41-23-21-38(22-24-41)36-13-5-3-6-14-36)54-52(51)48-31-27-40-17-9-10-18-44(40)53(48)57-54/h3-35H,1-2H3/i3D,4D,5D,6D,7D,8D,9D,10D,11D,12D,13D,14D,15D,16D,17D,18D,19D,20D,21D,22D,23D,24D,25D,26D,27D,28D,29D,30D,31D,32D,33D,34D,35D. The summed E-state index contributed by atoms with van der Waals surface area (Å²) in [6.45, 7) is 2.81. The predicted molar refractivity (Wildman–Crippen MR) is 240 cm³/mol. The van der Waals surface area contributed by atoms with Gasteiger partial charge in [-0.15, -0.1) is 0 Å². The van der Waals surface area contributed by atoms with E-state index in [0.717, 1.165) is 0 Å². The Balaban J connectivity index is 1.41. The van der Waals surface area contributed by atoms with E-state index in [9.17, 15) is 21.9 Å². The van der Waals surface area contributed by atoms with Crippen LogP contribution in [-0.2, 0) is 5.41 Å². The van der Waals surface area contributed by atoms with Gasteiger partial charge in [0.15, 0.2) is 0 Å². The van der Waals surface area contributed by atoms with E-state index >= 15 is 0 Å². The minimum atomic E-state index is -1.78. The Labute approximate surface area is 379 Å². The number of fused-ring (bicyclic) bond motifs is 8. The van der Waals surface area contributed by atoms with E-state index in [1.807, 2.05) is 0 Å². The van der Waals surface area contributed by atoms with Crippen molar-refractivity contribution in [3.05, 3.63) is 211 Å². The molecule has 0 saturated heterocycles. The maximum absolute atomic E-state index is 10.3. The van der Waals surface area contributed by atoms with E-state index in [1.165, 1.54) is 13.8 Å². The van der Waals surface area contributed by atoms with Gasteiger partial charge in [0.05, 0.1) is 56.3 Å². The van der Waals surface area contributed by atoms with Crippen molar-refractivity contribution >= 4 is 49.8 Å². The molecule has 0 aliphatic heterocycles. The number of furan rings is 1. The van der Waals surface area contributed by atoms with Crippen molar-refractivity contribution in [2.24, 2.45) is 0 Å². The second-order valence-corrected chi connectivity index (χ2v) is 13.1. The van der Waals surface area contributed by atoms with Gasteiger partial charge in [0, 0.05) is 33.1 Å². The fourth-order valence-corrected chi connectivity index (χ4v) is 6.86. The minimum Gasteiger partial charge on any atom is -0.455 e. The highest BCUT2D eigenvalue weighted by atomic mass is 16.3. The summed E-state index contributed by atoms with van der Waals surface area (Å²) in [7, 11) is 0. The summed E-state index contributed by atoms with van der Waals surface area (Å²) in [4.78, 5) is 0.495. The number of rotatable bonds is 6. The Kier molecular flexibility index (Phi) is 3.14. The van der Waals surface area contributed by atoms with Crippen LogP contribution in [0.1, 0.15) is 70.2 Å². The molecule has 0 atom stereocenters. The molecule has 1 aliphatic carbocycles. The lowest BCUT2D eigenvalue weighted by molar-refractivity contribution is 0.660. The normalized spacial score (nSPS) is 21.0. The maximum atomic E-state index is 10.3. The third-order valence-electron chi connectivity index (χ3n) is 9.55. The van der Waals surface area contributed by atoms with Gasteiger partial charge in [0.25, 0.3) is 0 Å². The molecule has 2 heteroatoms. The molecule has 0 unspecified atom stereocenters. The van der Waals surface area contributed by atoms with Crippen LogP contribution in [0.2, 0.25) is 0 Å². The molecule has 0 N–H and O–H groups in total. The fourth-order valence-electron chi connectivity index (χ4n) is 6.86. The first kappa shape index (κ1) is 13.8. The second kappa shape index (κ2) is 13.0. The fraction of sp³-hybridized carbons (Fsp3) is 0.0545. The molecule has 0 radical (unpaired) electrons. The second-order valence-electron chi connectivity index (χ2n) is 13.1. The molecule has 0 amide bonds. The van der Waals surface area contributed by atoms with Crippen molar-refractivity contribution in [2.75, 3.05) is 4.90 Å². The van der Waals surface area contributed by atoms with Gasteiger partial charge in [-0.2, -0.15) is 0 Å². The summed E-state index contributed by atoms with van der Waals surface area (Å²) in [5.41, 5.74) is -13.2. The molecule has 1 heterocycles. The number of nitrogens with zero attached hydrogens (tertiary/aromatic N) is 1. The molecular formula is C55H39NO. The molecule has 0 bridgehead atoms. The molecule has 0 fully saturated rings. The van der Waals surface area contributed by atoms with Gasteiger partial charge in [-0.05, 0) is 97.8 Å². The Hall–Kier alpha value is -7.16. The van der Waals surface area contributed by atoms with Gasteiger partial charge in [-0.25, -0.2) is 0 Å². The van der Waals surface area contributed by atoms with Gasteiger partial charge in [0.1, 0.15) is 11.2 Å². The van der Waals surface area contributed by atoms with E-state index in [4.69, 9.17) is 27.7 Å². The molecule has 0 spiro atoms. The zero-order valence-electron chi connectivity index (χ0n) is 62.4. The van der Waals surface area contributed by atoms with Crippen LogP contribution in [0.3, 0.4) is 0 Å². The average molecular weight is 763 g/mol. The topological polar surface area (TPSA) is 16.4 Å². The summed E-state index contributed by atoms with van der Waals surface area (Å²) < 4.78 is 308. The summed E-state index contributed by atoms with van der Waals surface area (Å²) in [5, 5.41) is -2.92. The van der Waals surface area contributed by atoms with Crippen LogP contribution in [0.4, 0.5) is 17.1 Å². The molecule has 11 rings (SSSR count). The first-order valence-corrected chi connectivity index (χ1v) is 17.1. The van der Waals surface area contributed by atoms with Crippen molar-refractivity contribution in [3.8, 4) is 44.5 Å². The molecule has 2 nitrogen and oxygen atoms in total. The summed E-state index contributed by atoms with van der Waals surface area (Å²) in [6, 6.07) is -32.8. The lowest BCUT2D eigenvalue weighted by atomic mass is 9.82. The van der Waals surface area contributed by atoms with Gasteiger partial charge < -0.3 is 9.32 Å². The summed E-state index contributed by atoms with van der Waals surface area (Å²) in [6.07, 6.45) is 0. The van der Waals surface area contributed by atoms with Crippen molar-refractivity contribution in [2.45, 2.75) is 19.3 Å². The van der Waals surface area contributed by atoms with E-state index in [1.54, 1.807) is 0 Å². The van der Waals surface area contributed by atoms with Crippen LogP contribution in [0.5, 0.6) is 0 Å². The van der Waals surface area contributed by atoms with Gasteiger partial charge in [0.2, 0.25) is 0 Å². The molecule has 9 aromatic carbocycles. The summed E-state index contributed by atoms with van der Waals surface area (Å²) in [5.74, 6) is 0. The minimum absolute atomic E-state index is 0.168. The predicted octanol–water partition coefficient (Wildman–Crippen LogP) is 15.5. The largest absolute Gasteiger partial charge is 0.455 e. The van der Waals surface area contributed by atoms with E-state index in [-0.39, 0.29) is 22.3 Å². The van der Waals surface area contributed by atoms with Crippen LogP contribution in [0.25, 0.3) is 77.2 Å². The van der Waals surface area contributed by atoms with E-state index in [0.29, 0.717) is 4.90 Å². The highest BCUT2D eigenvalue weighted by molar-refractivity contribution is 6.22. The molecule has 1 aliphatic rings. The number of hydrogen-bond acceptors (Lipinski definition) is 2. The SMILES string of the molecule is [2H]c1c([2H])c([2H])c(-c2c([2H])c([2H])c(-c3c([2H])c([2H])c(N(c4c([2H])c([2H])c(-c5c([2H])c([2H])c([2H])c([2H])c5[2H])c([2H])c4[2H])c4c([2H])c([2H])c5c(c4[2H])C(C)(C)c4c([2H])c([2H])c([2H])c([2H])c4-5)c4c3oc3c5c([2H])c([2H])c([2H])c([2H])c5c([2H])c([2H])c34)c([2H])c2[2H])c([2H])c1[2H]. The van der Waals surface area contributed by atoms with Crippen LogP contribution < -0.4 is 4.90 Å². The van der Waals surface area contributed by atoms with E-state index < -0.39 is 288 Å². The van der Waals surface area contributed by atoms with Crippen molar-refractivity contribution in [1.82, 2.24) is 0 Å². The van der Waals surface area contributed by atoms with Crippen molar-refractivity contribution in [3.63, 3.8) is 0 Å². The Bertz CT molecular complexity index is 4970. The third kappa shape index (κ3) is 5.33. The molecule has 270 valence electrons. The lowest BCUT2D eigenvalue weighted by Crippen LogP contribution is -2.16. The number of anilines is 3. The van der Waals surface area contributed by atoms with Gasteiger partial charge >= 0.3 is 0 Å². The molecule has 57 heavy (non-hydrogen) atoms. The van der Waals surface area contributed by atoms with Gasteiger partial charge in [-0.3, -0.25) is 0 Å². The highest BCUT2D eigenvalue weighted by Crippen LogP contribution is 2.52. The molecule has 10 aromatic rings. The Morgan fingerprint density at radius 1 is 0.421 bits per heavy atom. The monoisotopic (exact) mass is 763 g/mol. The maximum Gasteiger partial charge on any atom is 0.145 e. The zero-order chi connectivity index (χ0) is 66.8. The van der Waals surface area contributed by atoms with Crippen molar-refractivity contribution < 1.29 is 49.7 Å². The Morgan fingerprint density at radius 3 is 1.72 bits per heavy atom. The van der Waals surface area contributed by atoms with Crippen LogP contribution in [0, 0.1) is 0 Å². The number of benzene rings is 9. The lowest BCUT2D eigenvalue weighted by Gasteiger charge is -2.29.